The van der Waals surface area contributed by atoms with Crippen molar-refractivity contribution >= 4 is 33.0 Å². The monoisotopic (exact) mass is 473 g/mol. The maximum Gasteiger partial charge on any atom is 0.408 e. The second-order valence-corrected chi connectivity index (χ2v) is 10.3. The van der Waals surface area contributed by atoms with Gasteiger partial charge in [-0.05, 0) is 44.0 Å². The first-order chi connectivity index (χ1) is 15.5. The molecule has 1 atom stereocenters. The van der Waals surface area contributed by atoms with E-state index in [1.165, 1.54) is 13.3 Å². The summed E-state index contributed by atoms with van der Waals surface area (Å²) in [7, 11) is -2.49. The summed E-state index contributed by atoms with van der Waals surface area (Å²) < 4.78 is 36.8. The normalized spacial score (nSPS) is 12.8. The topological polar surface area (TPSA) is 117 Å². The highest BCUT2D eigenvalue weighted by molar-refractivity contribution is 7.89. The van der Waals surface area contributed by atoms with E-state index in [4.69, 9.17) is 9.47 Å². The van der Waals surface area contributed by atoms with Crippen LogP contribution in [0.3, 0.4) is 0 Å². The van der Waals surface area contributed by atoms with E-state index in [1.54, 1.807) is 63.2 Å². The van der Waals surface area contributed by atoms with Crippen molar-refractivity contribution in [1.29, 1.82) is 0 Å². The van der Waals surface area contributed by atoms with Gasteiger partial charge in [0, 0.05) is 11.8 Å². The molecule has 3 aromatic rings. The lowest BCUT2D eigenvalue weighted by Gasteiger charge is -2.22. The van der Waals surface area contributed by atoms with Gasteiger partial charge in [-0.1, -0.05) is 36.4 Å². The molecule has 0 saturated heterocycles. The van der Waals surface area contributed by atoms with Gasteiger partial charge in [0.2, 0.25) is 0 Å². The summed E-state index contributed by atoms with van der Waals surface area (Å²) >= 11 is 0. The smallest absolute Gasteiger partial charge is 0.408 e. The molecule has 1 N–H and O–H groups in total. The molecule has 0 aliphatic heterocycles. The fourth-order valence-electron chi connectivity index (χ4n) is 3.27. The molecule has 2 aromatic carbocycles. The van der Waals surface area contributed by atoms with Gasteiger partial charge in [-0.25, -0.2) is 18.0 Å². The Bertz CT molecular complexity index is 1250. The van der Waals surface area contributed by atoms with Crippen LogP contribution in [0.1, 0.15) is 31.9 Å². The lowest BCUT2D eigenvalue weighted by atomic mass is 10.0. The Morgan fingerprint density at radius 2 is 1.79 bits per heavy atom. The molecule has 1 aromatic heterocycles. The molecule has 0 bridgehead atoms. The highest BCUT2D eigenvalue weighted by Gasteiger charge is 2.26. The lowest BCUT2D eigenvalue weighted by Crippen LogP contribution is -2.45. The summed E-state index contributed by atoms with van der Waals surface area (Å²) in [5.41, 5.74) is 1.05. The molecule has 3 rings (SSSR count). The van der Waals surface area contributed by atoms with Crippen LogP contribution in [0.25, 0.3) is 10.9 Å². The average Bonchev–Trinajstić information content (AvgIpc) is 3.16. The maximum absolute atomic E-state index is 12.9. The molecule has 33 heavy (non-hydrogen) atoms. The predicted molar refractivity (Wildman–Crippen MR) is 123 cm³/mol. The van der Waals surface area contributed by atoms with Gasteiger partial charge in [0.1, 0.15) is 11.6 Å². The van der Waals surface area contributed by atoms with Crippen LogP contribution < -0.4 is 5.32 Å². The summed E-state index contributed by atoms with van der Waals surface area (Å²) in [5.74, 6) is -0.807. The summed E-state index contributed by atoms with van der Waals surface area (Å²) in [5, 5.41) is 7.18. The van der Waals surface area contributed by atoms with E-state index in [1.807, 2.05) is 6.07 Å². The van der Waals surface area contributed by atoms with Crippen LogP contribution in [-0.4, -0.2) is 48.4 Å². The molecule has 1 amide bonds. The molecule has 1 heterocycles. The molecule has 9 nitrogen and oxygen atoms in total. The molecule has 1 unspecified atom stereocenters. The number of ether oxygens (including phenoxy) is 2. The predicted octanol–water partition coefficient (Wildman–Crippen LogP) is 3.02. The van der Waals surface area contributed by atoms with Crippen LogP contribution in [0, 0.1) is 0 Å². The highest BCUT2D eigenvalue weighted by Crippen LogP contribution is 2.20. The standard InChI is InChI=1S/C23H27N3O6S/c1-23(2,3)32-22(28)25-19(21(27)31-4)13-17-10-11-20-18(12-17)14-24-26(20)33(29,30)15-16-8-6-5-7-9-16/h5-12,14,19H,13,15H2,1-4H3,(H,25,28). The Kier molecular flexibility index (Phi) is 7.06. The Hall–Kier alpha value is -3.40. The first kappa shape index (κ1) is 24.2. The molecule has 0 aliphatic rings. The number of alkyl carbamates (subject to hydrolysis) is 1. The van der Waals surface area contributed by atoms with E-state index in [0.29, 0.717) is 22.0 Å². The van der Waals surface area contributed by atoms with Crippen LogP contribution in [0.15, 0.2) is 54.7 Å². The van der Waals surface area contributed by atoms with Crippen LogP contribution in [0.5, 0.6) is 0 Å². The molecule has 0 aliphatic carbocycles. The van der Waals surface area contributed by atoms with E-state index in [-0.39, 0.29) is 12.2 Å². The molecular weight excluding hydrogens is 446 g/mol. The Balaban J connectivity index is 1.82. The molecular formula is C23H27N3O6S. The number of benzene rings is 2. The average molecular weight is 474 g/mol. The van der Waals surface area contributed by atoms with Crippen molar-refractivity contribution in [1.82, 2.24) is 14.5 Å². The van der Waals surface area contributed by atoms with Crippen LogP contribution >= 0.6 is 0 Å². The van der Waals surface area contributed by atoms with Crippen molar-refractivity contribution in [2.75, 3.05) is 7.11 Å². The molecule has 0 spiro atoms. The van der Waals surface area contributed by atoms with E-state index < -0.39 is 33.7 Å². The number of methoxy groups -OCH3 is 1. The third-order valence-electron chi connectivity index (χ3n) is 4.67. The lowest BCUT2D eigenvalue weighted by molar-refractivity contribution is -0.143. The van der Waals surface area contributed by atoms with Crippen molar-refractivity contribution in [3.63, 3.8) is 0 Å². The SMILES string of the molecule is COC(=O)C(Cc1ccc2c(cnn2S(=O)(=O)Cc2ccccc2)c1)NC(=O)OC(C)(C)C. The molecule has 10 heteroatoms. The number of amides is 1. The highest BCUT2D eigenvalue weighted by atomic mass is 32.2. The molecule has 176 valence electrons. The number of nitrogens with zero attached hydrogens (tertiary/aromatic N) is 2. The van der Waals surface area contributed by atoms with Crippen LogP contribution in [0.4, 0.5) is 4.79 Å². The zero-order valence-corrected chi connectivity index (χ0v) is 19.8. The van der Waals surface area contributed by atoms with E-state index in [9.17, 15) is 18.0 Å². The van der Waals surface area contributed by atoms with Crippen molar-refractivity contribution in [2.45, 2.75) is 44.6 Å². The number of esters is 1. The number of carbonyl (C=O) groups excluding carboxylic acids is 2. The van der Waals surface area contributed by atoms with Gasteiger partial charge >= 0.3 is 12.1 Å². The number of hydrogen-bond donors (Lipinski definition) is 1. The van der Waals surface area contributed by atoms with Crippen molar-refractivity contribution < 1.29 is 27.5 Å². The van der Waals surface area contributed by atoms with Crippen molar-refractivity contribution in [2.24, 2.45) is 0 Å². The Labute approximate surface area is 192 Å². The minimum atomic E-state index is -3.73. The number of hydrogen-bond acceptors (Lipinski definition) is 7. The zero-order valence-electron chi connectivity index (χ0n) is 18.9. The van der Waals surface area contributed by atoms with Gasteiger partial charge in [-0.3, -0.25) is 0 Å². The second kappa shape index (κ2) is 9.62. The largest absolute Gasteiger partial charge is 0.467 e. The minimum Gasteiger partial charge on any atom is -0.467 e. The molecule has 0 saturated carbocycles. The van der Waals surface area contributed by atoms with E-state index >= 15 is 0 Å². The fraction of sp³-hybridized carbons (Fsp3) is 0.348. The summed E-state index contributed by atoms with van der Waals surface area (Å²) in [6.07, 6.45) is 0.846. The Morgan fingerprint density at radius 1 is 1.09 bits per heavy atom. The number of carbonyl (C=O) groups is 2. The van der Waals surface area contributed by atoms with Gasteiger partial charge in [0.25, 0.3) is 10.0 Å². The van der Waals surface area contributed by atoms with E-state index in [2.05, 4.69) is 10.4 Å². The van der Waals surface area contributed by atoms with Gasteiger partial charge in [-0.15, -0.1) is 0 Å². The quantitative estimate of drug-likeness (QED) is 0.524. The summed E-state index contributed by atoms with van der Waals surface area (Å²) in [6, 6.07) is 12.9. The zero-order chi connectivity index (χ0) is 24.2. The van der Waals surface area contributed by atoms with E-state index in [0.717, 1.165) is 4.09 Å². The van der Waals surface area contributed by atoms with Crippen LogP contribution in [-0.2, 0) is 36.5 Å². The number of rotatable bonds is 7. The molecule has 0 radical (unpaired) electrons. The fourth-order valence-corrected chi connectivity index (χ4v) is 4.67. The third-order valence-corrected chi connectivity index (χ3v) is 6.19. The van der Waals surface area contributed by atoms with Crippen LogP contribution in [0.2, 0.25) is 0 Å². The minimum absolute atomic E-state index is 0.129. The maximum atomic E-state index is 12.9. The van der Waals surface area contributed by atoms with Crippen molar-refractivity contribution in [3.8, 4) is 0 Å². The first-order valence-electron chi connectivity index (χ1n) is 10.3. The van der Waals surface area contributed by atoms with Gasteiger partial charge in [-0.2, -0.15) is 9.19 Å². The first-order valence-corrected chi connectivity index (χ1v) is 11.9. The number of fused-ring (bicyclic) bond motifs is 1. The second-order valence-electron chi connectivity index (χ2n) is 8.55. The van der Waals surface area contributed by atoms with Gasteiger partial charge in [0.05, 0.1) is 24.6 Å². The third kappa shape index (κ3) is 6.32. The Morgan fingerprint density at radius 3 is 2.42 bits per heavy atom. The molecule has 0 fully saturated rings. The van der Waals surface area contributed by atoms with Crippen molar-refractivity contribution in [3.05, 3.63) is 65.9 Å². The summed E-state index contributed by atoms with van der Waals surface area (Å²) in [6.45, 7) is 5.16. The summed E-state index contributed by atoms with van der Waals surface area (Å²) in [4.78, 5) is 24.3. The van der Waals surface area contributed by atoms with Gasteiger partial charge in [0.15, 0.2) is 0 Å². The number of nitrogens with one attached hydrogen (secondary N) is 1. The van der Waals surface area contributed by atoms with Gasteiger partial charge < -0.3 is 14.8 Å². The number of aromatic nitrogens is 2.